The van der Waals surface area contributed by atoms with Crippen molar-refractivity contribution in [1.82, 2.24) is 0 Å². The molecule has 4 nitrogen and oxygen atoms in total. The largest absolute Gasteiger partial charge is 0.493 e. The first-order chi connectivity index (χ1) is 9.23. The monoisotopic (exact) mass is 261 g/mol. The summed E-state index contributed by atoms with van der Waals surface area (Å²) in [4.78, 5) is 11.8. The molecule has 0 unspecified atom stereocenters. The third-order valence-electron chi connectivity index (χ3n) is 4.25. The van der Waals surface area contributed by atoms with Gasteiger partial charge in [0.25, 0.3) is 0 Å². The standard InChI is InChI=1S/C15H19NO3/c1-18-14(17)15(6-2-7-15)10-16-12-3-4-13-11(9-12)5-8-19-13/h3-4,9,16H,2,5-8,10H2,1H3. The number of anilines is 1. The SMILES string of the molecule is COC(=O)C1(CNc2ccc3c(c2)CCO3)CCC1. The van der Waals surface area contributed by atoms with E-state index in [1.54, 1.807) is 0 Å². The molecule has 1 aliphatic carbocycles. The maximum Gasteiger partial charge on any atom is 0.313 e. The zero-order valence-corrected chi connectivity index (χ0v) is 11.2. The molecule has 1 fully saturated rings. The number of nitrogens with one attached hydrogen (secondary N) is 1. The van der Waals surface area contributed by atoms with Crippen LogP contribution in [-0.4, -0.2) is 26.2 Å². The van der Waals surface area contributed by atoms with Crippen molar-refractivity contribution in [2.24, 2.45) is 5.41 Å². The van der Waals surface area contributed by atoms with Gasteiger partial charge < -0.3 is 14.8 Å². The number of benzene rings is 1. The number of fused-ring (bicyclic) bond motifs is 1. The molecule has 0 amide bonds. The molecule has 0 saturated heterocycles. The fourth-order valence-electron chi connectivity index (χ4n) is 2.84. The minimum atomic E-state index is -0.315. The van der Waals surface area contributed by atoms with E-state index in [2.05, 4.69) is 11.4 Å². The van der Waals surface area contributed by atoms with E-state index in [-0.39, 0.29) is 11.4 Å². The summed E-state index contributed by atoms with van der Waals surface area (Å²) in [6.45, 7) is 1.42. The van der Waals surface area contributed by atoms with Crippen molar-refractivity contribution in [1.29, 1.82) is 0 Å². The molecular weight excluding hydrogens is 242 g/mol. The van der Waals surface area contributed by atoms with Crippen LogP contribution in [0.25, 0.3) is 0 Å². The molecule has 1 aromatic rings. The van der Waals surface area contributed by atoms with Gasteiger partial charge in [0.05, 0.1) is 19.1 Å². The van der Waals surface area contributed by atoms with E-state index < -0.39 is 0 Å². The second-order valence-corrected chi connectivity index (χ2v) is 5.40. The molecule has 1 aliphatic heterocycles. The summed E-state index contributed by atoms with van der Waals surface area (Å²) in [7, 11) is 1.47. The molecule has 1 aromatic carbocycles. The van der Waals surface area contributed by atoms with Crippen molar-refractivity contribution in [2.75, 3.05) is 25.6 Å². The molecule has 0 radical (unpaired) electrons. The Morgan fingerprint density at radius 2 is 2.32 bits per heavy atom. The van der Waals surface area contributed by atoms with Gasteiger partial charge in [0.15, 0.2) is 0 Å². The van der Waals surface area contributed by atoms with Crippen molar-refractivity contribution >= 4 is 11.7 Å². The average Bonchev–Trinajstić information content (AvgIpc) is 2.84. The van der Waals surface area contributed by atoms with Gasteiger partial charge in [-0.25, -0.2) is 0 Å². The third-order valence-corrected chi connectivity index (χ3v) is 4.25. The predicted molar refractivity (Wildman–Crippen MR) is 72.4 cm³/mol. The number of hydrogen-bond acceptors (Lipinski definition) is 4. The number of rotatable bonds is 4. The fraction of sp³-hybridized carbons (Fsp3) is 0.533. The van der Waals surface area contributed by atoms with E-state index in [0.717, 1.165) is 43.7 Å². The summed E-state index contributed by atoms with van der Waals surface area (Å²) >= 11 is 0. The molecular formula is C15H19NO3. The van der Waals surface area contributed by atoms with Crippen LogP contribution >= 0.6 is 0 Å². The second kappa shape index (κ2) is 4.76. The average molecular weight is 261 g/mol. The minimum Gasteiger partial charge on any atom is -0.493 e. The maximum absolute atomic E-state index is 11.8. The van der Waals surface area contributed by atoms with Gasteiger partial charge in [0.2, 0.25) is 0 Å². The van der Waals surface area contributed by atoms with Gasteiger partial charge in [-0.05, 0) is 36.6 Å². The van der Waals surface area contributed by atoms with Gasteiger partial charge >= 0.3 is 5.97 Å². The van der Waals surface area contributed by atoms with Crippen LogP contribution in [-0.2, 0) is 16.0 Å². The predicted octanol–water partition coefficient (Wildman–Crippen LogP) is 2.38. The van der Waals surface area contributed by atoms with Crippen molar-refractivity contribution in [3.63, 3.8) is 0 Å². The molecule has 0 spiro atoms. The van der Waals surface area contributed by atoms with E-state index in [4.69, 9.17) is 9.47 Å². The number of hydrogen-bond donors (Lipinski definition) is 1. The topological polar surface area (TPSA) is 47.6 Å². The zero-order chi connectivity index (χ0) is 13.3. The van der Waals surface area contributed by atoms with Crippen LogP contribution in [0.4, 0.5) is 5.69 Å². The van der Waals surface area contributed by atoms with E-state index in [1.165, 1.54) is 12.7 Å². The van der Waals surface area contributed by atoms with Crippen LogP contribution in [0.1, 0.15) is 24.8 Å². The lowest BCUT2D eigenvalue weighted by Gasteiger charge is -2.39. The number of methoxy groups -OCH3 is 1. The van der Waals surface area contributed by atoms with Gasteiger partial charge in [-0.1, -0.05) is 6.42 Å². The summed E-state index contributed by atoms with van der Waals surface area (Å²) in [6, 6.07) is 6.12. The first-order valence-electron chi connectivity index (χ1n) is 6.82. The fourth-order valence-corrected chi connectivity index (χ4v) is 2.84. The molecule has 0 aromatic heterocycles. The van der Waals surface area contributed by atoms with Crippen molar-refractivity contribution < 1.29 is 14.3 Å². The first kappa shape index (κ1) is 12.3. The Labute approximate surface area is 113 Å². The van der Waals surface area contributed by atoms with Crippen molar-refractivity contribution in [2.45, 2.75) is 25.7 Å². The molecule has 1 heterocycles. The molecule has 19 heavy (non-hydrogen) atoms. The Bertz CT molecular complexity index is 494. The van der Waals surface area contributed by atoms with Crippen molar-refractivity contribution in [3.8, 4) is 5.75 Å². The van der Waals surface area contributed by atoms with E-state index in [1.807, 2.05) is 12.1 Å². The van der Waals surface area contributed by atoms with Gasteiger partial charge in [-0.2, -0.15) is 0 Å². The van der Waals surface area contributed by atoms with Gasteiger partial charge in [0, 0.05) is 18.7 Å². The smallest absolute Gasteiger partial charge is 0.313 e. The van der Waals surface area contributed by atoms with Crippen LogP contribution in [0.2, 0.25) is 0 Å². The molecule has 1 N–H and O–H groups in total. The Balaban J connectivity index is 1.67. The lowest BCUT2D eigenvalue weighted by molar-refractivity contribution is -0.157. The molecule has 0 bridgehead atoms. The van der Waals surface area contributed by atoms with Gasteiger partial charge in [0.1, 0.15) is 5.75 Å². The highest BCUT2D eigenvalue weighted by Crippen LogP contribution is 2.42. The molecule has 3 rings (SSSR count). The minimum absolute atomic E-state index is 0.0873. The highest BCUT2D eigenvalue weighted by Gasteiger charge is 2.45. The summed E-state index contributed by atoms with van der Waals surface area (Å²) in [6.07, 6.45) is 3.91. The second-order valence-electron chi connectivity index (χ2n) is 5.40. The normalized spacial score (nSPS) is 19.0. The Morgan fingerprint density at radius 1 is 1.47 bits per heavy atom. The van der Waals surface area contributed by atoms with Crippen LogP contribution in [0.5, 0.6) is 5.75 Å². The first-order valence-corrected chi connectivity index (χ1v) is 6.82. The quantitative estimate of drug-likeness (QED) is 0.845. The van der Waals surface area contributed by atoms with Gasteiger partial charge in [-0.15, -0.1) is 0 Å². The molecule has 4 heteroatoms. The van der Waals surface area contributed by atoms with Crippen LogP contribution in [0.3, 0.4) is 0 Å². The Hall–Kier alpha value is -1.71. The van der Waals surface area contributed by atoms with Crippen LogP contribution < -0.4 is 10.1 Å². The summed E-state index contributed by atoms with van der Waals surface area (Å²) in [5.74, 6) is 0.896. The lowest BCUT2D eigenvalue weighted by Crippen LogP contribution is -2.44. The number of ether oxygens (including phenoxy) is 2. The lowest BCUT2D eigenvalue weighted by atomic mass is 9.68. The summed E-state index contributed by atoms with van der Waals surface area (Å²) in [5, 5.41) is 3.38. The summed E-state index contributed by atoms with van der Waals surface area (Å²) in [5.41, 5.74) is 1.98. The molecule has 102 valence electrons. The van der Waals surface area contributed by atoms with Gasteiger partial charge in [-0.3, -0.25) is 4.79 Å². The Morgan fingerprint density at radius 3 is 3.00 bits per heavy atom. The molecule has 2 aliphatic rings. The Kier molecular flexibility index (Phi) is 3.09. The highest BCUT2D eigenvalue weighted by molar-refractivity contribution is 5.78. The molecule has 1 saturated carbocycles. The maximum atomic E-state index is 11.8. The van der Waals surface area contributed by atoms with Crippen LogP contribution in [0.15, 0.2) is 18.2 Å². The van der Waals surface area contributed by atoms with Crippen molar-refractivity contribution in [3.05, 3.63) is 23.8 Å². The molecule has 0 atom stereocenters. The summed E-state index contributed by atoms with van der Waals surface area (Å²) < 4.78 is 10.4. The number of carbonyl (C=O) groups is 1. The third kappa shape index (κ3) is 2.15. The highest BCUT2D eigenvalue weighted by atomic mass is 16.5. The zero-order valence-electron chi connectivity index (χ0n) is 11.2. The number of carbonyl (C=O) groups excluding carboxylic acids is 1. The van der Waals surface area contributed by atoms with E-state index in [0.29, 0.717) is 6.54 Å². The van der Waals surface area contributed by atoms with E-state index in [9.17, 15) is 4.79 Å². The van der Waals surface area contributed by atoms with E-state index >= 15 is 0 Å². The van der Waals surface area contributed by atoms with Crippen LogP contribution in [0, 0.1) is 5.41 Å². The number of esters is 1.